The Bertz CT molecular complexity index is 879. The van der Waals surface area contributed by atoms with Crippen molar-refractivity contribution in [2.24, 2.45) is 4.99 Å². The van der Waals surface area contributed by atoms with Crippen molar-refractivity contribution in [1.82, 2.24) is 15.4 Å². The molecule has 0 aromatic heterocycles. The topological polar surface area (TPSA) is 82.6 Å². The van der Waals surface area contributed by atoms with Crippen molar-refractivity contribution in [3.63, 3.8) is 0 Å². The third kappa shape index (κ3) is 8.25. The third-order valence-corrected chi connectivity index (χ3v) is 5.76. The van der Waals surface area contributed by atoms with Gasteiger partial charge in [0, 0.05) is 12.6 Å². The molecule has 0 heterocycles. The molecule has 158 valence electrons. The summed E-state index contributed by atoms with van der Waals surface area (Å²) in [5.74, 6) is 0.727. The molecule has 1 atom stereocenters. The summed E-state index contributed by atoms with van der Waals surface area (Å²) in [7, 11) is -3.32. The molecule has 2 aromatic rings. The smallest absolute Gasteiger partial charge is 0.216 e. The maximum atomic E-state index is 12.1. The normalized spacial score (nSPS) is 13.3. The zero-order valence-electron chi connectivity index (χ0n) is 17.6. The van der Waals surface area contributed by atoms with Gasteiger partial charge in [0.25, 0.3) is 0 Å². The van der Waals surface area contributed by atoms with Gasteiger partial charge in [0.15, 0.2) is 5.96 Å². The molecule has 2 aromatic carbocycles. The number of sulfonamides is 1. The molecule has 0 aliphatic heterocycles. The summed E-state index contributed by atoms with van der Waals surface area (Å²) < 4.78 is 26.7. The van der Waals surface area contributed by atoms with Crippen LogP contribution in [0.15, 0.2) is 59.6 Å². The average Bonchev–Trinajstić information content (AvgIpc) is 2.66. The van der Waals surface area contributed by atoms with E-state index in [0.717, 1.165) is 23.6 Å². The van der Waals surface area contributed by atoms with E-state index in [0.29, 0.717) is 6.54 Å². The Balaban J connectivity index is 2.00. The predicted octanol–water partition coefficient (Wildman–Crippen LogP) is 3.33. The highest BCUT2D eigenvalue weighted by Crippen LogP contribution is 2.12. The Morgan fingerprint density at radius 1 is 0.966 bits per heavy atom. The van der Waals surface area contributed by atoms with Crippen LogP contribution in [-0.4, -0.2) is 27.0 Å². The second kappa shape index (κ2) is 11.0. The van der Waals surface area contributed by atoms with Gasteiger partial charge in [-0.3, -0.25) is 0 Å². The van der Waals surface area contributed by atoms with E-state index in [2.05, 4.69) is 39.4 Å². The fourth-order valence-electron chi connectivity index (χ4n) is 2.88. The lowest BCUT2D eigenvalue weighted by atomic mass is 10.1. The Labute approximate surface area is 174 Å². The van der Waals surface area contributed by atoms with E-state index in [4.69, 9.17) is 0 Å². The first kappa shape index (κ1) is 22.9. The van der Waals surface area contributed by atoms with Gasteiger partial charge in [-0.15, -0.1) is 0 Å². The number of aliphatic imine (C=N–C) groups is 1. The van der Waals surface area contributed by atoms with Crippen molar-refractivity contribution in [2.45, 2.75) is 52.1 Å². The number of guanidine groups is 1. The van der Waals surface area contributed by atoms with Crippen LogP contribution in [-0.2, 0) is 22.3 Å². The Kier molecular flexibility index (Phi) is 8.67. The molecule has 0 amide bonds. The van der Waals surface area contributed by atoms with Crippen molar-refractivity contribution in [1.29, 1.82) is 0 Å². The van der Waals surface area contributed by atoms with Crippen LogP contribution >= 0.6 is 0 Å². The van der Waals surface area contributed by atoms with E-state index >= 15 is 0 Å². The Morgan fingerprint density at radius 2 is 1.59 bits per heavy atom. The molecule has 0 saturated carbocycles. The Morgan fingerprint density at radius 3 is 2.17 bits per heavy atom. The highest BCUT2D eigenvalue weighted by atomic mass is 32.2. The molecule has 0 spiro atoms. The van der Waals surface area contributed by atoms with Crippen molar-refractivity contribution < 1.29 is 8.42 Å². The van der Waals surface area contributed by atoms with Crippen molar-refractivity contribution in [3.8, 4) is 0 Å². The summed E-state index contributed by atoms with van der Waals surface area (Å²) in [6.07, 6.45) is 0. The molecule has 0 saturated heterocycles. The fourth-order valence-corrected chi connectivity index (χ4v) is 4.31. The molecule has 0 fully saturated rings. The predicted molar refractivity (Wildman–Crippen MR) is 120 cm³/mol. The quantitative estimate of drug-likeness (QED) is 0.433. The molecule has 0 aliphatic rings. The second-order valence-corrected chi connectivity index (χ2v) is 9.07. The maximum absolute atomic E-state index is 12.1. The molecule has 1 unspecified atom stereocenters. The third-order valence-electron chi connectivity index (χ3n) is 4.21. The van der Waals surface area contributed by atoms with E-state index in [1.165, 1.54) is 5.56 Å². The standard InChI is InChI=1S/C22H32N4O2S/c1-5-23-22(25-18(4)21-9-7-6-8-10-21)24-15-19-11-13-20(14-12-19)16-29(27,28)26-17(2)3/h6-14,17-18,26H,5,15-16H2,1-4H3,(H2,23,24,25). The lowest BCUT2D eigenvalue weighted by molar-refractivity contribution is 0.569. The number of nitrogens with one attached hydrogen (secondary N) is 3. The SMILES string of the molecule is CCNC(=NCc1ccc(CS(=O)(=O)NC(C)C)cc1)NC(C)c1ccccc1. The minimum Gasteiger partial charge on any atom is -0.357 e. The van der Waals surface area contributed by atoms with E-state index in [1.807, 2.05) is 63.2 Å². The summed E-state index contributed by atoms with van der Waals surface area (Å²) in [4.78, 5) is 4.66. The minimum atomic E-state index is -3.32. The van der Waals surface area contributed by atoms with Gasteiger partial charge in [-0.05, 0) is 44.4 Å². The van der Waals surface area contributed by atoms with Crippen LogP contribution in [0.3, 0.4) is 0 Å². The van der Waals surface area contributed by atoms with Gasteiger partial charge in [0.1, 0.15) is 0 Å². The first-order valence-electron chi connectivity index (χ1n) is 9.96. The summed E-state index contributed by atoms with van der Waals surface area (Å²) >= 11 is 0. The first-order chi connectivity index (χ1) is 13.8. The van der Waals surface area contributed by atoms with E-state index in [9.17, 15) is 8.42 Å². The summed E-state index contributed by atoms with van der Waals surface area (Å²) in [6, 6.07) is 17.8. The summed E-state index contributed by atoms with van der Waals surface area (Å²) in [5, 5.41) is 6.68. The van der Waals surface area contributed by atoms with Crippen molar-refractivity contribution in [3.05, 3.63) is 71.3 Å². The summed E-state index contributed by atoms with van der Waals surface area (Å²) in [6.45, 7) is 9.04. The molecule has 7 heteroatoms. The van der Waals surface area contributed by atoms with E-state index in [-0.39, 0.29) is 17.8 Å². The van der Waals surface area contributed by atoms with Gasteiger partial charge in [-0.2, -0.15) is 0 Å². The lowest BCUT2D eigenvalue weighted by Crippen LogP contribution is -2.38. The van der Waals surface area contributed by atoms with Gasteiger partial charge in [-0.1, -0.05) is 54.6 Å². The molecule has 0 radical (unpaired) electrons. The number of hydrogen-bond acceptors (Lipinski definition) is 3. The molecule has 29 heavy (non-hydrogen) atoms. The van der Waals surface area contributed by atoms with E-state index < -0.39 is 10.0 Å². The molecular weight excluding hydrogens is 384 g/mol. The first-order valence-corrected chi connectivity index (χ1v) is 11.6. The number of rotatable bonds is 9. The number of nitrogens with zero attached hydrogens (tertiary/aromatic N) is 1. The van der Waals surface area contributed by atoms with Gasteiger partial charge in [0.2, 0.25) is 10.0 Å². The minimum absolute atomic E-state index is 0.0203. The monoisotopic (exact) mass is 416 g/mol. The average molecular weight is 417 g/mol. The van der Waals surface area contributed by atoms with Crippen LogP contribution in [0, 0.1) is 0 Å². The fraction of sp³-hybridized carbons (Fsp3) is 0.409. The van der Waals surface area contributed by atoms with Crippen LogP contribution in [0.4, 0.5) is 0 Å². The zero-order valence-corrected chi connectivity index (χ0v) is 18.5. The number of hydrogen-bond donors (Lipinski definition) is 3. The number of benzene rings is 2. The van der Waals surface area contributed by atoms with Crippen LogP contribution < -0.4 is 15.4 Å². The molecule has 3 N–H and O–H groups in total. The van der Waals surface area contributed by atoms with Gasteiger partial charge >= 0.3 is 0 Å². The molecule has 6 nitrogen and oxygen atoms in total. The van der Waals surface area contributed by atoms with Gasteiger partial charge in [-0.25, -0.2) is 18.1 Å². The second-order valence-electron chi connectivity index (χ2n) is 7.32. The van der Waals surface area contributed by atoms with Crippen molar-refractivity contribution in [2.75, 3.05) is 6.54 Å². The maximum Gasteiger partial charge on any atom is 0.216 e. The van der Waals surface area contributed by atoms with Crippen LogP contribution in [0.2, 0.25) is 0 Å². The zero-order chi connectivity index (χ0) is 21.3. The van der Waals surface area contributed by atoms with Crippen LogP contribution in [0.25, 0.3) is 0 Å². The largest absolute Gasteiger partial charge is 0.357 e. The Hall–Kier alpha value is -2.38. The highest BCUT2D eigenvalue weighted by molar-refractivity contribution is 7.88. The lowest BCUT2D eigenvalue weighted by Gasteiger charge is -2.18. The highest BCUT2D eigenvalue weighted by Gasteiger charge is 2.13. The molecule has 2 rings (SSSR count). The molecular formula is C22H32N4O2S. The van der Waals surface area contributed by atoms with Crippen LogP contribution in [0.5, 0.6) is 0 Å². The van der Waals surface area contributed by atoms with Gasteiger partial charge < -0.3 is 10.6 Å². The van der Waals surface area contributed by atoms with E-state index in [1.54, 1.807) is 0 Å². The summed E-state index contributed by atoms with van der Waals surface area (Å²) in [5.41, 5.74) is 2.97. The molecule has 0 aliphatic carbocycles. The van der Waals surface area contributed by atoms with Crippen LogP contribution in [0.1, 0.15) is 50.4 Å². The van der Waals surface area contributed by atoms with Gasteiger partial charge in [0.05, 0.1) is 18.3 Å². The molecule has 0 bridgehead atoms. The van der Waals surface area contributed by atoms with Crippen molar-refractivity contribution >= 4 is 16.0 Å².